The van der Waals surface area contributed by atoms with Crippen molar-refractivity contribution in [3.63, 3.8) is 0 Å². The van der Waals surface area contributed by atoms with Gasteiger partial charge in [-0.15, -0.1) is 0 Å². The van der Waals surface area contributed by atoms with E-state index in [0.29, 0.717) is 23.2 Å². The van der Waals surface area contributed by atoms with Gasteiger partial charge in [0.1, 0.15) is 11.5 Å². The van der Waals surface area contributed by atoms with Crippen molar-refractivity contribution in [1.82, 2.24) is 0 Å². The van der Waals surface area contributed by atoms with Gasteiger partial charge in [0.15, 0.2) is 0 Å². The van der Waals surface area contributed by atoms with E-state index in [1.807, 2.05) is 30.3 Å². The molecule has 1 heterocycles. The molecule has 172 valence electrons. The molecule has 7 heteroatoms. The number of amides is 1. The molecule has 6 nitrogen and oxygen atoms in total. The lowest BCUT2D eigenvalue weighted by molar-refractivity contribution is -0.125. The normalized spacial score (nSPS) is 26.0. The number of benzene rings is 2. The molecule has 2 aliphatic carbocycles. The summed E-state index contributed by atoms with van der Waals surface area (Å²) in [5, 5.41) is 33.9. The lowest BCUT2D eigenvalue weighted by Gasteiger charge is -2.50. The van der Waals surface area contributed by atoms with Crippen molar-refractivity contribution in [2.24, 2.45) is 23.0 Å². The number of allylic oxidation sites excluding steroid dienone is 4. The van der Waals surface area contributed by atoms with Gasteiger partial charge in [-0.3, -0.25) is 4.79 Å². The Bertz CT molecular complexity index is 1410. The molecule has 5 rings (SSSR count). The zero-order chi connectivity index (χ0) is 24.8. The molecule has 3 N–H and O–H groups in total. The van der Waals surface area contributed by atoms with Crippen molar-refractivity contribution in [3.05, 3.63) is 87.0 Å². The van der Waals surface area contributed by atoms with Crippen LogP contribution in [0.15, 0.2) is 75.9 Å². The summed E-state index contributed by atoms with van der Waals surface area (Å²) in [6.07, 6.45) is 5.08. The molecule has 0 fully saturated rings. The fourth-order valence-electron chi connectivity index (χ4n) is 6.21. The highest BCUT2D eigenvalue weighted by Crippen LogP contribution is 2.64. The molecule has 1 aliphatic heterocycles. The fraction of sp³-hybridized carbons (Fsp3) is 0.286. The summed E-state index contributed by atoms with van der Waals surface area (Å²) in [6, 6.07) is 22.0. The molecule has 3 atom stereocenters. The number of carbonyl (C=O) groups is 1. The number of fused-ring (bicyclic) bond motifs is 4. The van der Waals surface area contributed by atoms with Crippen LogP contribution in [0, 0.1) is 51.2 Å². The molecule has 0 saturated carbocycles. The van der Waals surface area contributed by atoms with Gasteiger partial charge in [-0.1, -0.05) is 52.3 Å². The molecule has 0 saturated heterocycles. The average Bonchev–Trinajstić information content (AvgIpc) is 3.17. The zero-order valence-corrected chi connectivity index (χ0v) is 20.5. The van der Waals surface area contributed by atoms with E-state index < -0.39 is 22.7 Å². The van der Waals surface area contributed by atoms with Crippen LogP contribution in [-0.2, 0) is 16.6 Å². The number of rotatable bonds is 3. The molecule has 0 unspecified atom stereocenters. The van der Waals surface area contributed by atoms with Gasteiger partial charge in [0.05, 0.1) is 23.4 Å². The Morgan fingerprint density at radius 1 is 1.11 bits per heavy atom. The number of nitriles is 3. The number of nitrogens with zero attached hydrogens (tertiary/aromatic N) is 3. The average molecular weight is 524 g/mol. The summed E-state index contributed by atoms with van der Waals surface area (Å²) >= 11 is 3.49. The maximum atomic E-state index is 13.9. The first-order chi connectivity index (χ1) is 16.9. The van der Waals surface area contributed by atoms with Gasteiger partial charge in [0, 0.05) is 16.1 Å². The van der Waals surface area contributed by atoms with Crippen LogP contribution in [0.2, 0.25) is 0 Å². The van der Waals surface area contributed by atoms with Gasteiger partial charge in [-0.05, 0) is 66.5 Å². The van der Waals surface area contributed by atoms with Crippen molar-refractivity contribution < 1.29 is 4.79 Å². The van der Waals surface area contributed by atoms with E-state index in [4.69, 9.17) is 5.73 Å². The molecule has 0 aromatic heterocycles. The second-order valence-electron chi connectivity index (χ2n) is 9.40. The van der Waals surface area contributed by atoms with E-state index in [0.717, 1.165) is 23.7 Å². The lowest BCUT2D eigenvalue weighted by Crippen LogP contribution is -2.60. The number of nitrogens with two attached hydrogens (primary N) is 1. The third-order valence-electron chi connectivity index (χ3n) is 7.84. The van der Waals surface area contributed by atoms with Crippen LogP contribution in [-0.4, -0.2) is 5.91 Å². The smallest absolute Gasteiger partial charge is 0.238 e. The minimum Gasteiger partial charge on any atom is -0.399 e. The number of hydrogen-bond donors (Lipinski definition) is 2. The Morgan fingerprint density at radius 3 is 2.54 bits per heavy atom. The summed E-state index contributed by atoms with van der Waals surface area (Å²) in [5.41, 5.74) is 5.93. The number of carbonyl (C=O) groups excluding carboxylic acids is 1. The summed E-state index contributed by atoms with van der Waals surface area (Å²) in [5.74, 6) is -0.735. The summed E-state index contributed by atoms with van der Waals surface area (Å²) < 4.78 is 0.729. The van der Waals surface area contributed by atoms with E-state index in [-0.39, 0.29) is 17.2 Å². The maximum Gasteiger partial charge on any atom is 0.238 e. The molecule has 2 aromatic carbocycles. The second-order valence-corrected chi connectivity index (χ2v) is 10.3. The van der Waals surface area contributed by atoms with E-state index in [1.165, 1.54) is 5.56 Å². The molecule has 3 aliphatic rings. The summed E-state index contributed by atoms with van der Waals surface area (Å²) in [7, 11) is 0. The second kappa shape index (κ2) is 8.42. The quantitative estimate of drug-likeness (QED) is 0.584. The third-order valence-corrected chi connectivity index (χ3v) is 8.33. The van der Waals surface area contributed by atoms with Crippen LogP contribution in [0.25, 0.3) is 0 Å². The summed E-state index contributed by atoms with van der Waals surface area (Å²) in [6.45, 7) is 0. The maximum absolute atomic E-state index is 13.9. The van der Waals surface area contributed by atoms with Crippen LogP contribution in [0.5, 0.6) is 0 Å². The lowest BCUT2D eigenvalue weighted by atomic mass is 9.46. The number of aryl methyl sites for hydroxylation is 1. The van der Waals surface area contributed by atoms with Crippen molar-refractivity contribution >= 4 is 27.5 Å². The Morgan fingerprint density at radius 2 is 1.86 bits per heavy atom. The molecule has 2 aromatic rings. The Labute approximate surface area is 212 Å². The third kappa shape index (κ3) is 3.07. The number of anilines is 1. The Kier molecular flexibility index (Phi) is 5.51. The Hall–Kier alpha value is -3.86. The van der Waals surface area contributed by atoms with Crippen LogP contribution in [0.1, 0.15) is 30.4 Å². The van der Waals surface area contributed by atoms with Crippen LogP contribution >= 0.6 is 15.9 Å². The van der Waals surface area contributed by atoms with Crippen molar-refractivity contribution in [2.45, 2.75) is 31.1 Å². The van der Waals surface area contributed by atoms with Crippen LogP contribution in [0.3, 0.4) is 0 Å². The predicted molar refractivity (Wildman–Crippen MR) is 134 cm³/mol. The molecule has 0 radical (unpaired) electrons. The monoisotopic (exact) mass is 523 g/mol. The molecule has 0 bridgehead atoms. The van der Waals surface area contributed by atoms with Crippen LogP contribution < -0.4 is 11.1 Å². The van der Waals surface area contributed by atoms with Crippen molar-refractivity contribution in [3.8, 4) is 18.2 Å². The molecule has 1 spiro atoms. The highest BCUT2D eigenvalue weighted by molar-refractivity contribution is 9.10. The SMILES string of the molecule is N#CC1=C(N)C(C#N)(C#N)[C@]2(C(=O)Nc3ccc(Br)cc32)[C@H]2C[C@@H](CCc3ccccc3)CC=C12. The number of hydrogen-bond acceptors (Lipinski definition) is 5. The first-order valence-corrected chi connectivity index (χ1v) is 12.3. The van der Waals surface area contributed by atoms with Gasteiger partial charge in [-0.2, -0.15) is 15.8 Å². The number of halogens is 1. The minimum atomic E-state index is -2.02. The zero-order valence-electron chi connectivity index (χ0n) is 18.9. The van der Waals surface area contributed by atoms with E-state index in [9.17, 15) is 20.6 Å². The molecular weight excluding hydrogens is 502 g/mol. The van der Waals surface area contributed by atoms with Crippen molar-refractivity contribution in [2.75, 3.05) is 5.32 Å². The molecule has 35 heavy (non-hydrogen) atoms. The van der Waals surface area contributed by atoms with Gasteiger partial charge in [0.2, 0.25) is 11.3 Å². The topological polar surface area (TPSA) is 126 Å². The first-order valence-electron chi connectivity index (χ1n) is 11.5. The Balaban J connectivity index is 1.70. The minimum absolute atomic E-state index is 0.141. The first kappa shape index (κ1) is 22.9. The highest BCUT2D eigenvalue weighted by Gasteiger charge is 2.71. The standard InChI is InChI=1S/C28H22BrN5O/c29-19-9-11-24-23(13-19)28(26(35)34-24)22-12-18(7-6-17-4-2-1-3-5-17)8-10-20(22)21(14-30)25(33)27(28,15-31)16-32/h1-5,9-11,13,18,22H,6-8,12,33H2,(H,34,35)/t18-,22-,28+/m0/s1. The van der Waals surface area contributed by atoms with Gasteiger partial charge in [0.25, 0.3) is 0 Å². The highest BCUT2D eigenvalue weighted by atomic mass is 79.9. The van der Waals surface area contributed by atoms with Gasteiger partial charge < -0.3 is 11.1 Å². The number of nitrogens with one attached hydrogen (secondary N) is 1. The van der Waals surface area contributed by atoms with Gasteiger partial charge >= 0.3 is 0 Å². The van der Waals surface area contributed by atoms with Crippen LogP contribution in [0.4, 0.5) is 5.69 Å². The van der Waals surface area contributed by atoms with E-state index >= 15 is 0 Å². The van der Waals surface area contributed by atoms with E-state index in [2.05, 4.69) is 51.6 Å². The van der Waals surface area contributed by atoms with Crippen molar-refractivity contribution in [1.29, 1.82) is 15.8 Å². The fourth-order valence-corrected chi connectivity index (χ4v) is 6.57. The predicted octanol–water partition coefficient (Wildman–Crippen LogP) is 5.01. The largest absolute Gasteiger partial charge is 0.399 e. The van der Waals surface area contributed by atoms with Gasteiger partial charge in [-0.25, -0.2) is 0 Å². The summed E-state index contributed by atoms with van der Waals surface area (Å²) in [4.78, 5) is 13.9. The van der Waals surface area contributed by atoms with E-state index in [1.54, 1.807) is 12.1 Å². The molecular formula is C28H22BrN5O. The molecule has 1 amide bonds.